The number of anilines is 2. The second-order valence-electron chi connectivity index (χ2n) is 5.43. The van der Waals surface area contributed by atoms with Gasteiger partial charge in [-0.15, -0.1) is 0 Å². The van der Waals surface area contributed by atoms with Crippen LogP contribution in [0.25, 0.3) is 0 Å². The Morgan fingerprint density at radius 3 is 2.46 bits per heavy atom. The van der Waals surface area contributed by atoms with Gasteiger partial charge in [-0.2, -0.15) is 11.3 Å². The minimum atomic E-state index is -4.00. The highest BCUT2D eigenvalue weighted by molar-refractivity contribution is 9.10. The van der Waals surface area contributed by atoms with Gasteiger partial charge >= 0.3 is 6.03 Å². The third-order valence-corrected chi connectivity index (χ3v) is 6.56. The van der Waals surface area contributed by atoms with Gasteiger partial charge in [0.25, 0.3) is 15.9 Å². The van der Waals surface area contributed by atoms with Crippen molar-refractivity contribution in [1.29, 1.82) is 0 Å². The maximum atomic E-state index is 12.8. The minimum absolute atomic E-state index is 0.0209. The summed E-state index contributed by atoms with van der Waals surface area (Å²) in [5.41, 5.74) is 1.96. The van der Waals surface area contributed by atoms with Crippen molar-refractivity contribution in [3.05, 3.63) is 56.8 Å². The van der Waals surface area contributed by atoms with Crippen molar-refractivity contribution in [2.24, 2.45) is 0 Å². The lowest BCUT2D eigenvalue weighted by atomic mass is 10.2. The predicted octanol–water partition coefficient (Wildman–Crippen LogP) is 4.35. The van der Waals surface area contributed by atoms with Gasteiger partial charge in [-0.05, 0) is 53.4 Å². The second-order valence-corrected chi connectivity index (χ2v) is 8.68. The average molecular weight is 456 g/mol. The van der Waals surface area contributed by atoms with Gasteiger partial charge in [-0.3, -0.25) is 0 Å². The molecular weight excluding hydrogens is 442 g/mol. The number of thiophene rings is 1. The Bertz CT molecular complexity index is 1030. The first-order valence-electron chi connectivity index (χ1n) is 7.37. The summed E-state index contributed by atoms with van der Waals surface area (Å²) in [7, 11) is -4.00. The molecule has 0 radical (unpaired) electrons. The van der Waals surface area contributed by atoms with E-state index in [0.29, 0.717) is 15.9 Å². The quantitative estimate of drug-likeness (QED) is 0.630. The number of aryl methyl sites for hydroxylation is 2. The van der Waals surface area contributed by atoms with Crippen LogP contribution in [0.5, 0.6) is 0 Å². The lowest BCUT2D eigenvalue weighted by Gasteiger charge is -2.20. The van der Waals surface area contributed by atoms with Gasteiger partial charge in [0.15, 0.2) is 0 Å². The van der Waals surface area contributed by atoms with Gasteiger partial charge < -0.3 is 4.52 Å². The summed E-state index contributed by atoms with van der Waals surface area (Å²) in [5, 5.41) is 6.88. The molecule has 2 amide bonds. The molecule has 0 spiro atoms. The Morgan fingerprint density at radius 1 is 1.23 bits per heavy atom. The van der Waals surface area contributed by atoms with Crippen LogP contribution in [-0.2, 0) is 10.0 Å². The lowest BCUT2D eigenvalue weighted by molar-refractivity contribution is 0.251. The summed E-state index contributed by atoms with van der Waals surface area (Å²) in [6.07, 6.45) is 0. The summed E-state index contributed by atoms with van der Waals surface area (Å²) < 4.78 is 32.6. The van der Waals surface area contributed by atoms with Gasteiger partial charge in [0.05, 0.1) is 16.3 Å². The van der Waals surface area contributed by atoms with Gasteiger partial charge in [0.1, 0.15) is 4.47 Å². The molecule has 0 atom stereocenters. The highest BCUT2D eigenvalue weighted by Gasteiger charge is 2.29. The molecule has 0 aliphatic heterocycles. The van der Waals surface area contributed by atoms with Gasteiger partial charge in [0.2, 0.25) is 0 Å². The van der Waals surface area contributed by atoms with E-state index < -0.39 is 16.1 Å². The smallest absolute Gasteiger partial charge is 0.336 e. The zero-order chi connectivity index (χ0) is 18.9. The lowest BCUT2D eigenvalue weighted by Crippen LogP contribution is -2.40. The Balaban J connectivity index is 2.02. The number of sulfonamides is 1. The summed E-state index contributed by atoms with van der Waals surface area (Å²) in [5.74, 6) is 0.0874. The number of nitrogens with one attached hydrogen (secondary N) is 1. The van der Waals surface area contributed by atoms with E-state index in [1.54, 1.807) is 36.6 Å². The van der Waals surface area contributed by atoms with Crippen LogP contribution < -0.4 is 9.62 Å². The van der Waals surface area contributed by atoms with E-state index in [1.807, 2.05) is 6.92 Å². The maximum Gasteiger partial charge on any atom is 0.342 e. The number of benzene rings is 1. The summed E-state index contributed by atoms with van der Waals surface area (Å²) in [6, 6.07) is 7.54. The maximum absolute atomic E-state index is 12.8. The number of urea groups is 1. The van der Waals surface area contributed by atoms with E-state index in [9.17, 15) is 13.2 Å². The van der Waals surface area contributed by atoms with Crippen LogP contribution in [0.4, 0.5) is 16.4 Å². The van der Waals surface area contributed by atoms with E-state index in [2.05, 4.69) is 25.8 Å². The molecule has 26 heavy (non-hydrogen) atoms. The molecular formula is C16H14BrN3O4S2. The fraction of sp³-hybridized carbons (Fsp3) is 0.125. The monoisotopic (exact) mass is 455 g/mol. The molecule has 1 aromatic carbocycles. The van der Waals surface area contributed by atoms with E-state index >= 15 is 0 Å². The molecule has 10 heteroatoms. The van der Waals surface area contributed by atoms with Gasteiger partial charge in [-0.1, -0.05) is 22.9 Å². The number of carbonyl (C=O) groups is 1. The number of hydrogen-bond acceptors (Lipinski definition) is 6. The van der Waals surface area contributed by atoms with Crippen molar-refractivity contribution in [2.75, 3.05) is 4.90 Å². The molecule has 3 aromatic rings. The zero-order valence-electron chi connectivity index (χ0n) is 13.8. The van der Waals surface area contributed by atoms with Crippen molar-refractivity contribution in [3.63, 3.8) is 0 Å². The van der Waals surface area contributed by atoms with Crippen molar-refractivity contribution >= 4 is 54.9 Å². The number of aromatic nitrogens is 1. The average Bonchev–Trinajstić information content (AvgIpc) is 3.23. The predicted molar refractivity (Wildman–Crippen MR) is 102 cm³/mol. The first-order chi connectivity index (χ1) is 12.3. The fourth-order valence-electron chi connectivity index (χ4n) is 2.13. The Hall–Kier alpha value is -2.17. The SMILES string of the molecule is Cc1ccc(N(C(=O)NS(=O)(=O)c2ccsc2)c2onc(C)c2Br)cc1. The first kappa shape index (κ1) is 18.6. The molecule has 1 N–H and O–H groups in total. The number of nitrogens with zero attached hydrogens (tertiary/aromatic N) is 2. The number of amides is 2. The summed E-state index contributed by atoms with van der Waals surface area (Å²) in [4.78, 5) is 14.0. The fourth-order valence-corrected chi connectivity index (χ4v) is 4.41. The molecule has 2 aromatic heterocycles. The van der Waals surface area contributed by atoms with Crippen LogP contribution in [-0.4, -0.2) is 19.6 Å². The molecule has 2 heterocycles. The number of hydrogen-bond donors (Lipinski definition) is 1. The number of carbonyl (C=O) groups excluding carboxylic acids is 1. The molecule has 0 aliphatic rings. The number of halogens is 1. The van der Waals surface area contributed by atoms with E-state index in [-0.39, 0.29) is 10.8 Å². The summed E-state index contributed by atoms with van der Waals surface area (Å²) >= 11 is 4.55. The van der Waals surface area contributed by atoms with Gasteiger partial charge in [0, 0.05) is 5.38 Å². The van der Waals surface area contributed by atoms with E-state index in [1.165, 1.54) is 22.8 Å². The molecule has 0 aliphatic carbocycles. The molecule has 0 bridgehead atoms. The van der Waals surface area contributed by atoms with Gasteiger partial charge in [-0.25, -0.2) is 22.8 Å². The molecule has 136 valence electrons. The Labute approximate surface area is 162 Å². The van der Waals surface area contributed by atoms with Crippen LogP contribution in [0.2, 0.25) is 0 Å². The highest BCUT2D eigenvalue weighted by Crippen LogP contribution is 2.34. The van der Waals surface area contributed by atoms with Crippen molar-refractivity contribution < 1.29 is 17.7 Å². The van der Waals surface area contributed by atoms with Crippen LogP contribution in [0.1, 0.15) is 11.3 Å². The number of rotatable bonds is 4. The molecule has 7 nitrogen and oxygen atoms in total. The van der Waals surface area contributed by atoms with Crippen molar-refractivity contribution in [2.45, 2.75) is 18.7 Å². The van der Waals surface area contributed by atoms with Crippen LogP contribution in [0.15, 0.2) is 55.0 Å². The molecule has 0 unspecified atom stereocenters. The Morgan fingerprint density at radius 2 is 1.92 bits per heavy atom. The first-order valence-corrected chi connectivity index (χ1v) is 10.6. The Kier molecular flexibility index (Phi) is 5.17. The second kappa shape index (κ2) is 7.22. The molecule has 3 rings (SSSR count). The van der Waals surface area contributed by atoms with Crippen LogP contribution in [0, 0.1) is 13.8 Å². The van der Waals surface area contributed by atoms with Crippen molar-refractivity contribution in [1.82, 2.24) is 9.88 Å². The molecule has 0 saturated heterocycles. The third kappa shape index (κ3) is 3.67. The van der Waals surface area contributed by atoms with E-state index in [4.69, 9.17) is 4.52 Å². The van der Waals surface area contributed by atoms with Crippen LogP contribution in [0.3, 0.4) is 0 Å². The zero-order valence-corrected chi connectivity index (χ0v) is 17.0. The third-order valence-electron chi connectivity index (χ3n) is 3.50. The van der Waals surface area contributed by atoms with Crippen molar-refractivity contribution in [3.8, 4) is 0 Å². The normalized spacial score (nSPS) is 11.3. The molecule has 0 fully saturated rings. The standard InChI is InChI=1S/C16H14BrN3O4S2/c1-10-3-5-12(6-4-10)20(15-14(17)11(2)18-24-15)16(21)19-26(22,23)13-7-8-25-9-13/h3-9H,1-2H3,(H,19,21). The highest BCUT2D eigenvalue weighted by atomic mass is 79.9. The summed E-state index contributed by atoms with van der Waals surface area (Å²) in [6.45, 7) is 3.61. The topological polar surface area (TPSA) is 92.5 Å². The minimum Gasteiger partial charge on any atom is -0.336 e. The van der Waals surface area contributed by atoms with Crippen LogP contribution >= 0.6 is 27.3 Å². The largest absolute Gasteiger partial charge is 0.342 e. The molecule has 0 saturated carbocycles. The van der Waals surface area contributed by atoms with E-state index in [0.717, 1.165) is 10.5 Å².